The minimum absolute atomic E-state index is 0.00176. The van der Waals surface area contributed by atoms with Crippen LogP contribution < -0.4 is 0 Å². The maximum absolute atomic E-state index is 13.2. The van der Waals surface area contributed by atoms with Gasteiger partial charge in [0.1, 0.15) is 17.3 Å². The highest BCUT2D eigenvalue weighted by Gasteiger charge is 2.54. The molecule has 0 N–H and O–H groups in total. The molecule has 0 aromatic rings. The summed E-state index contributed by atoms with van der Waals surface area (Å²) < 4.78 is 0. The highest BCUT2D eigenvalue weighted by molar-refractivity contribution is 5.85. The maximum atomic E-state index is 13.2. The molecule has 3 aliphatic carbocycles. The summed E-state index contributed by atoms with van der Waals surface area (Å²) in [4.78, 5) is 37.0. The Morgan fingerprint density at radius 3 is 2.50 bits per heavy atom. The smallest absolute Gasteiger partial charge is 0.136 e. The van der Waals surface area contributed by atoms with Crippen LogP contribution in [0.3, 0.4) is 0 Å². The Balaban J connectivity index is 1.90. The van der Waals surface area contributed by atoms with Crippen LogP contribution in [0.25, 0.3) is 0 Å². The molecule has 6 atom stereocenters. The molecule has 3 fully saturated rings. The van der Waals surface area contributed by atoms with Crippen LogP contribution in [0.15, 0.2) is 0 Å². The number of rotatable bonds is 1. The molecule has 134 valence electrons. The van der Waals surface area contributed by atoms with Gasteiger partial charge in [-0.05, 0) is 68.6 Å². The molecule has 0 bridgehead atoms. The van der Waals surface area contributed by atoms with Crippen LogP contribution in [0.1, 0.15) is 78.6 Å². The van der Waals surface area contributed by atoms with E-state index in [9.17, 15) is 14.4 Å². The van der Waals surface area contributed by atoms with Crippen molar-refractivity contribution in [2.24, 2.45) is 35.0 Å². The van der Waals surface area contributed by atoms with Crippen molar-refractivity contribution in [2.75, 3.05) is 0 Å². The van der Waals surface area contributed by atoms with Crippen LogP contribution in [0, 0.1) is 35.0 Å². The Morgan fingerprint density at radius 2 is 1.79 bits per heavy atom. The molecule has 3 heteroatoms. The summed E-state index contributed by atoms with van der Waals surface area (Å²) in [6.45, 7) is 6.24. The fourth-order valence-electron chi connectivity index (χ4n) is 6.03. The molecule has 0 amide bonds. The lowest BCUT2D eigenvalue weighted by atomic mass is 9.49. The van der Waals surface area contributed by atoms with Crippen LogP contribution in [-0.2, 0) is 14.4 Å². The first-order chi connectivity index (χ1) is 11.3. The van der Waals surface area contributed by atoms with Crippen molar-refractivity contribution >= 4 is 17.3 Å². The molecule has 0 aromatic carbocycles. The fourth-order valence-corrected chi connectivity index (χ4v) is 6.03. The summed E-state index contributed by atoms with van der Waals surface area (Å²) in [6, 6.07) is 0. The zero-order valence-corrected chi connectivity index (χ0v) is 15.5. The Bertz CT molecular complexity index is 537. The van der Waals surface area contributed by atoms with E-state index in [0.29, 0.717) is 48.6 Å². The van der Waals surface area contributed by atoms with E-state index in [1.165, 1.54) is 0 Å². The molecular formula is C21H32O3. The fraction of sp³-hybridized carbons (Fsp3) is 0.857. The molecule has 24 heavy (non-hydrogen) atoms. The molecule has 3 rings (SSSR count). The van der Waals surface area contributed by atoms with Gasteiger partial charge in [-0.25, -0.2) is 0 Å². The van der Waals surface area contributed by atoms with Gasteiger partial charge >= 0.3 is 0 Å². The highest BCUT2D eigenvalue weighted by Crippen LogP contribution is 2.57. The molecule has 0 spiro atoms. The second-order valence-corrected chi connectivity index (χ2v) is 9.03. The van der Waals surface area contributed by atoms with Crippen LogP contribution in [0.2, 0.25) is 0 Å². The largest absolute Gasteiger partial charge is 0.300 e. The molecule has 0 unspecified atom stereocenters. The van der Waals surface area contributed by atoms with Crippen molar-refractivity contribution < 1.29 is 14.4 Å². The summed E-state index contributed by atoms with van der Waals surface area (Å²) in [5.74, 6) is 2.50. The molecule has 0 heterocycles. The summed E-state index contributed by atoms with van der Waals surface area (Å²) in [5.41, 5.74) is -0.00176. The normalized spacial score (nSPS) is 43.9. The van der Waals surface area contributed by atoms with Gasteiger partial charge in [-0.15, -0.1) is 0 Å². The van der Waals surface area contributed by atoms with Crippen molar-refractivity contribution in [1.29, 1.82) is 0 Å². The Kier molecular flexibility index (Phi) is 4.99. The van der Waals surface area contributed by atoms with E-state index >= 15 is 0 Å². The molecule has 3 aliphatic rings. The predicted octanol–water partition coefficient (Wildman–Crippen LogP) is 4.37. The van der Waals surface area contributed by atoms with Crippen molar-refractivity contribution in [1.82, 2.24) is 0 Å². The quantitative estimate of drug-likeness (QED) is 0.716. The Labute approximate surface area is 146 Å². The van der Waals surface area contributed by atoms with E-state index in [1.807, 2.05) is 0 Å². The number of hydrogen-bond donors (Lipinski definition) is 0. The number of Topliss-reactive ketones (excluding diaryl/α,β-unsaturated/α-hetero) is 3. The van der Waals surface area contributed by atoms with Gasteiger partial charge in [0.25, 0.3) is 0 Å². The molecular weight excluding hydrogens is 300 g/mol. The highest BCUT2D eigenvalue weighted by atomic mass is 16.1. The van der Waals surface area contributed by atoms with Gasteiger partial charge in [-0.1, -0.05) is 13.8 Å². The van der Waals surface area contributed by atoms with Gasteiger partial charge in [0.05, 0.1) is 0 Å². The van der Waals surface area contributed by atoms with E-state index < -0.39 is 0 Å². The topological polar surface area (TPSA) is 51.2 Å². The molecule has 0 radical (unpaired) electrons. The number of ketones is 3. The van der Waals surface area contributed by atoms with Crippen LogP contribution in [0.5, 0.6) is 0 Å². The van der Waals surface area contributed by atoms with Crippen LogP contribution >= 0.6 is 0 Å². The van der Waals surface area contributed by atoms with Gasteiger partial charge in [0.2, 0.25) is 0 Å². The second-order valence-electron chi connectivity index (χ2n) is 9.03. The molecule has 3 saturated carbocycles. The maximum Gasteiger partial charge on any atom is 0.136 e. The lowest BCUT2D eigenvalue weighted by molar-refractivity contribution is -0.145. The van der Waals surface area contributed by atoms with Gasteiger partial charge in [-0.2, -0.15) is 0 Å². The van der Waals surface area contributed by atoms with E-state index in [4.69, 9.17) is 0 Å². The summed E-state index contributed by atoms with van der Waals surface area (Å²) >= 11 is 0. The Hall–Kier alpha value is -0.990. The lowest BCUT2D eigenvalue weighted by Crippen LogP contribution is -2.51. The van der Waals surface area contributed by atoms with Crippen molar-refractivity contribution in [3.63, 3.8) is 0 Å². The zero-order valence-electron chi connectivity index (χ0n) is 15.5. The molecule has 0 aromatic heterocycles. The van der Waals surface area contributed by atoms with Crippen molar-refractivity contribution in [2.45, 2.75) is 78.6 Å². The Morgan fingerprint density at radius 1 is 1.04 bits per heavy atom. The van der Waals surface area contributed by atoms with Gasteiger partial charge in [0, 0.05) is 31.1 Å². The minimum Gasteiger partial charge on any atom is -0.300 e. The van der Waals surface area contributed by atoms with Crippen LogP contribution in [0.4, 0.5) is 0 Å². The summed E-state index contributed by atoms with van der Waals surface area (Å²) in [7, 11) is 0. The standard InChI is InChI=1S/C21H32O3/c1-13-4-5-15(14(2)22)6-9-19(24)20-18(13)8-7-16-12-17(23)10-11-21(16,20)3/h13,15-16,18,20H,4-12H2,1-3H3/t13-,15-,16-,18-,20+,21-/m0/s1. The van der Waals surface area contributed by atoms with E-state index in [2.05, 4.69) is 13.8 Å². The number of fused-ring (bicyclic) bond motifs is 3. The molecule has 3 nitrogen and oxygen atoms in total. The first-order valence-electron chi connectivity index (χ1n) is 9.87. The van der Waals surface area contributed by atoms with Crippen molar-refractivity contribution in [3.05, 3.63) is 0 Å². The first kappa shape index (κ1) is 17.8. The average molecular weight is 332 g/mol. The van der Waals surface area contributed by atoms with Gasteiger partial charge in [-0.3, -0.25) is 14.4 Å². The van der Waals surface area contributed by atoms with Gasteiger partial charge in [0.15, 0.2) is 0 Å². The second kappa shape index (κ2) is 6.72. The first-order valence-corrected chi connectivity index (χ1v) is 9.87. The summed E-state index contributed by atoms with van der Waals surface area (Å²) in [6.07, 6.45) is 7.65. The van der Waals surface area contributed by atoms with E-state index in [-0.39, 0.29) is 23.0 Å². The monoisotopic (exact) mass is 332 g/mol. The van der Waals surface area contributed by atoms with Gasteiger partial charge < -0.3 is 0 Å². The third-order valence-corrected chi connectivity index (χ3v) is 7.70. The zero-order chi connectivity index (χ0) is 17.5. The molecule has 0 saturated heterocycles. The third-order valence-electron chi connectivity index (χ3n) is 7.70. The molecule has 0 aliphatic heterocycles. The average Bonchev–Trinajstić information content (AvgIpc) is 2.58. The van der Waals surface area contributed by atoms with Crippen molar-refractivity contribution in [3.8, 4) is 0 Å². The third kappa shape index (κ3) is 3.11. The number of hydrogen-bond acceptors (Lipinski definition) is 3. The number of carbonyl (C=O) groups excluding carboxylic acids is 3. The minimum atomic E-state index is -0.00176. The van der Waals surface area contributed by atoms with E-state index in [1.54, 1.807) is 6.92 Å². The number of carbonyl (C=O) groups is 3. The lowest BCUT2D eigenvalue weighted by Gasteiger charge is -2.54. The predicted molar refractivity (Wildman–Crippen MR) is 93.5 cm³/mol. The SMILES string of the molecule is CC(=O)[C@@H]1CCC(=O)[C@H]2[C@@H](CC[C@H]3CC(=O)CC[C@@]32C)[C@@H](C)CC1. The van der Waals surface area contributed by atoms with E-state index in [0.717, 1.165) is 38.5 Å². The van der Waals surface area contributed by atoms with Crippen LogP contribution in [-0.4, -0.2) is 17.3 Å². The summed E-state index contributed by atoms with van der Waals surface area (Å²) in [5, 5.41) is 0.